The molecule has 0 aliphatic carbocycles. The second-order valence-corrected chi connectivity index (χ2v) is 6.94. The van der Waals surface area contributed by atoms with Crippen molar-refractivity contribution in [1.29, 1.82) is 0 Å². The second kappa shape index (κ2) is 8.08. The topological polar surface area (TPSA) is 122 Å². The average Bonchev–Trinajstić information content (AvgIpc) is 2.92. The Balaban J connectivity index is 2.42. The van der Waals surface area contributed by atoms with E-state index in [4.69, 9.17) is 5.11 Å². The van der Waals surface area contributed by atoms with Gasteiger partial charge in [-0.1, -0.05) is 6.07 Å². The van der Waals surface area contributed by atoms with Gasteiger partial charge in [-0.3, -0.25) is 4.79 Å². The largest absolute Gasteiger partial charge is 0.480 e. The van der Waals surface area contributed by atoms with Crippen LogP contribution in [0.1, 0.15) is 6.42 Å². The molecule has 21 heavy (non-hydrogen) atoms. The Kier molecular flexibility index (Phi) is 6.75. The predicted molar refractivity (Wildman–Crippen MR) is 75.6 cm³/mol. The van der Waals surface area contributed by atoms with E-state index in [2.05, 4.69) is 14.8 Å². The van der Waals surface area contributed by atoms with Crippen LogP contribution < -0.4 is 10.0 Å². The lowest BCUT2D eigenvalue weighted by molar-refractivity contribution is -0.143. The van der Waals surface area contributed by atoms with Crippen molar-refractivity contribution in [2.75, 3.05) is 20.3 Å². The number of rotatable bonds is 9. The van der Waals surface area contributed by atoms with E-state index in [9.17, 15) is 18.0 Å². The Morgan fingerprint density at radius 1 is 1.48 bits per heavy atom. The van der Waals surface area contributed by atoms with Crippen molar-refractivity contribution in [2.45, 2.75) is 16.7 Å². The van der Waals surface area contributed by atoms with Crippen LogP contribution in [0.25, 0.3) is 0 Å². The van der Waals surface area contributed by atoms with Gasteiger partial charge in [0.05, 0.1) is 6.61 Å². The minimum Gasteiger partial charge on any atom is -0.480 e. The number of carboxylic acids is 1. The first-order chi connectivity index (χ1) is 9.86. The lowest BCUT2D eigenvalue weighted by atomic mass is 10.3. The average molecular weight is 336 g/mol. The smallest absolute Gasteiger partial charge is 0.328 e. The molecule has 0 saturated carbocycles. The summed E-state index contributed by atoms with van der Waals surface area (Å²) in [5, 5.41) is 12.7. The Labute approximate surface area is 126 Å². The van der Waals surface area contributed by atoms with E-state index < -0.39 is 27.9 Å². The number of amides is 1. The fourth-order valence-electron chi connectivity index (χ4n) is 1.39. The van der Waals surface area contributed by atoms with Crippen LogP contribution in [-0.2, 0) is 24.3 Å². The highest BCUT2D eigenvalue weighted by Gasteiger charge is 2.20. The molecule has 0 aliphatic rings. The molecule has 0 radical (unpaired) electrons. The van der Waals surface area contributed by atoms with Gasteiger partial charge in [-0.2, -0.15) is 0 Å². The maximum atomic E-state index is 11.8. The Bertz CT molecular complexity index is 570. The molecule has 0 bridgehead atoms. The number of ether oxygens (including phenoxy) is 1. The molecule has 0 spiro atoms. The molecule has 10 heteroatoms. The van der Waals surface area contributed by atoms with E-state index in [1.165, 1.54) is 13.2 Å². The number of carbonyl (C=O) groups excluding carboxylic acids is 1. The van der Waals surface area contributed by atoms with Gasteiger partial charge in [-0.05, 0) is 11.4 Å². The van der Waals surface area contributed by atoms with Gasteiger partial charge in [0, 0.05) is 20.1 Å². The first kappa shape index (κ1) is 17.6. The first-order valence-electron chi connectivity index (χ1n) is 5.91. The highest BCUT2D eigenvalue weighted by molar-refractivity contribution is 7.91. The third-order valence-corrected chi connectivity index (χ3v) is 5.23. The molecule has 8 nitrogen and oxygen atoms in total. The number of methoxy groups -OCH3 is 1. The summed E-state index contributed by atoms with van der Waals surface area (Å²) < 4.78 is 30.6. The number of hydrogen-bond donors (Lipinski definition) is 3. The number of carboxylic acid groups (broad SMARTS) is 1. The molecule has 1 aromatic heterocycles. The second-order valence-electron chi connectivity index (χ2n) is 3.99. The standard InChI is InChI=1S/C11H16N2O6S2/c1-19-7-8(11(15)16)13-9(14)4-5-12-21(17,18)10-3-2-6-20-10/h2-3,6,8,12H,4-5,7H2,1H3,(H,13,14)(H,15,16). The van der Waals surface area contributed by atoms with Crippen LogP contribution >= 0.6 is 11.3 Å². The number of sulfonamides is 1. The minimum absolute atomic E-state index is 0.120. The van der Waals surface area contributed by atoms with E-state index in [-0.39, 0.29) is 23.8 Å². The molecular formula is C11H16N2O6S2. The van der Waals surface area contributed by atoms with Crippen molar-refractivity contribution < 1.29 is 27.9 Å². The normalized spacial score (nSPS) is 12.8. The summed E-state index contributed by atoms with van der Waals surface area (Å²) in [5.74, 6) is -1.79. The van der Waals surface area contributed by atoms with E-state index in [1.54, 1.807) is 11.4 Å². The summed E-state index contributed by atoms with van der Waals surface area (Å²) in [4.78, 5) is 22.4. The van der Waals surface area contributed by atoms with Crippen molar-refractivity contribution in [3.05, 3.63) is 17.5 Å². The summed E-state index contributed by atoms with van der Waals surface area (Å²) in [5.41, 5.74) is 0. The maximum Gasteiger partial charge on any atom is 0.328 e. The van der Waals surface area contributed by atoms with Crippen LogP contribution in [0.2, 0.25) is 0 Å². The molecule has 0 aromatic carbocycles. The van der Waals surface area contributed by atoms with Crippen molar-refractivity contribution in [3.63, 3.8) is 0 Å². The third-order valence-electron chi connectivity index (χ3n) is 2.37. The molecule has 118 valence electrons. The number of aliphatic carboxylic acids is 1. The van der Waals surface area contributed by atoms with E-state index >= 15 is 0 Å². The zero-order valence-corrected chi connectivity index (χ0v) is 12.9. The number of carbonyl (C=O) groups is 2. The number of hydrogen-bond acceptors (Lipinski definition) is 6. The highest BCUT2D eigenvalue weighted by atomic mass is 32.2. The SMILES string of the molecule is COCC(NC(=O)CCNS(=O)(=O)c1cccs1)C(=O)O. The van der Waals surface area contributed by atoms with Crippen LogP contribution in [0.5, 0.6) is 0 Å². The van der Waals surface area contributed by atoms with E-state index in [1.807, 2.05) is 0 Å². The minimum atomic E-state index is -3.62. The molecular weight excluding hydrogens is 320 g/mol. The Morgan fingerprint density at radius 3 is 2.71 bits per heavy atom. The van der Waals surface area contributed by atoms with Crippen LogP contribution in [0.3, 0.4) is 0 Å². The summed E-state index contributed by atoms with van der Waals surface area (Å²) >= 11 is 1.06. The molecule has 1 rings (SSSR count). The molecule has 1 amide bonds. The van der Waals surface area contributed by atoms with Gasteiger partial charge in [-0.25, -0.2) is 17.9 Å². The third kappa shape index (κ3) is 5.79. The van der Waals surface area contributed by atoms with E-state index in [0.29, 0.717) is 0 Å². The quantitative estimate of drug-likeness (QED) is 0.566. The molecule has 1 atom stereocenters. The lowest BCUT2D eigenvalue weighted by Crippen LogP contribution is -2.44. The van der Waals surface area contributed by atoms with Crippen LogP contribution in [0.4, 0.5) is 0 Å². The first-order valence-corrected chi connectivity index (χ1v) is 8.27. The van der Waals surface area contributed by atoms with Gasteiger partial charge >= 0.3 is 5.97 Å². The zero-order valence-electron chi connectivity index (χ0n) is 11.2. The number of thiophene rings is 1. The monoisotopic (exact) mass is 336 g/mol. The fraction of sp³-hybridized carbons (Fsp3) is 0.455. The van der Waals surface area contributed by atoms with Crippen molar-refractivity contribution in [2.24, 2.45) is 0 Å². The van der Waals surface area contributed by atoms with Crippen LogP contribution in [0, 0.1) is 0 Å². The summed E-state index contributed by atoms with van der Waals surface area (Å²) in [6.07, 6.45) is -0.169. The predicted octanol–water partition coefficient (Wildman–Crippen LogP) is -0.368. The fourth-order valence-corrected chi connectivity index (χ4v) is 3.46. The van der Waals surface area contributed by atoms with Gasteiger partial charge in [-0.15, -0.1) is 11.3 Å². The van der Waals surface area contributed by atoms with Crippen molar-refractivity contribution in [1.82, 2.24) is 10.0 Å². The van der Waals surface area contributed by atoms with Gasteiger partial charge in [0.2, 0.25) is 15.9 Å². The van der Waals surface area contributed by atoms with Crippen molar-refractivity contribution >= 4 is 33.2 Å². The van der Waals surface area contributed by atoms with Gasteiger partial charge in [0.25, 0.3) is 0 Å². The number of nitrogens with one attached hydrogen (secondary N) is 2. The van der Waals surface area contributed by atoms with Gasteiger partial charge in [0.15, 0.2) is 6.04 Å². The molecule has 0 fully saturated rings. The Morgan fingerprint density at radius 2 is 2.19 bits per heavy atom. The summed E-state index contributed by atoms with van der Waals surface area (Å²) in [7, 11) is -2.30. The molecule has 0 aliphatic heterocycles. The summed E-state index contributed by atoms with van der Waals surface area (Å²) in [6, 6.07) is 1.90. The van der Waals surface area contributed by atoms with Crippen LogP contribution in [-0.4, -0.2) is 51.7 Å². The molecule has 1 unspecified atom stereocenters. The molecule has 1 aromatic rings. The zero-order chi connectivity index (χ0) is 15.9. The summed E-state index contributed by atoms with van der Waals surface area (Å²) in [6.45, 7) is -0.284. The molecule has 0 saturated heterocycles. The van der Waals surface area contributed by atoms with Gasteiger partial charge in [0.1, 0.15) is 4.21 Å². The van der Waals surface area contributed by atoms with E-state index in [0.717, 1.165) is 11.3 Å². The molecule has 1 heterocycles. The van der Waals surface area contributed by atoms with Crippen LogP contribution in [0.15, 0.2) is 21.7 Å². The van der Waals surface area contributed by atoms with Crippen molar-refractivity contribution in [3.8, 4) is 0 Å². The van der Waals surface area contributed by atoms with Gasteiger partial charge < -0.3 is 15.2 Å². The maximum absolute atomic E-state index is 11.8. The molecule has 3 N–H and O–H groups in total. The highest BCUT2D eigenvalue weighted by Crippen LogP contribution is 2.14. The Hall–Kier alpha value is -1.49. The lowest BCUT2D eigenvalue weighted by Gasteiger charge is -2.13.